The predicted octanol–water partition coefficient (Wildman–Crippen LogP) is 4.98. The second kappa shape index (κ2) is 10.5. The SMILES string of the molecule is CCOc1ccc(N2C(=O)C(Cl)=C(Nc3ccc(C(=O)Nc4ccc(C(C)=O)cc4)cc3)C2=O)cc1. The van der Waals surface area contributed by atoms with Crippen LogP contribution >= 0.6 is 11.6 Å². The number of nitrogens with zero attached hydrogens (tertiary/aromatic N) is 1. The van der Waals surface area contributed by atoms with Crippen molar-refractivity contribution in [1.29, 1.82) is 0 Å². The number of ether oxygens (including phenoxy) is 1. The number of halogens is 1. The van der Waals surface area contributed by atoms with Crippen molar-refractivity contribution < 1.29 is 23.9 Å². The summed E-state index contributed by atoms with van der Waals surface area (Å²) in [4.78, 5) is 50.6. The second-order valence-corrected chi connectivity index (χ2v) is 8.23. The molecule has 36 heavy (non-hydrogen) atoms. The predicted molar refractivity (Wildman–Crippen MR) is 137 cm³/mol. The van der Waals surface area contributed by atoms with Crippen molar-refractivity contribution in [2.45, 2.75) is 13.8 Å². The fourth-order valence-corrected chi connectivity index (χ4v) is 3.76. The van der Waals surface area contributed by atoms with Crippen LogP contribution in [-0.2, 0) is 9.59 Å². The normalized spacial score (nSPS) is 13.1. The van der Waals surface area contributed by atoms with Crippen LogP contribution in [0.25, 0.3) is 0 Å². The number of carbonyl (C=O) groups is 4. The van der Waals surface area contributed by atoms with Crippen LogP contribution in [0.5, 0.6) is 5.75 Å². The number of ketones is 1. The lowest BCUT2D eigenvalue weighted by Gasteiger charge is -2.15. The van der Waals surface area contributed by atoms with Crippen molar-refractivity contribution >= 4 is 52.2 Å². The smallest absolute Gasteiger partial charge is 0.283 e. The summed E-state index contributed by atoms with van der Waals surface area (Å²) in [6, 6.07) is 19.5. The van der Waals surface area contributed by atoms with Crippen molar-refractivity contribution in [2.24, 2.45) is 0 Å². The van der Waals surface area contributed by atoms with E-state index in [1.54, 1.807) is 72.8 Å². The molecule has 8 nitrogen and oxygen atoms in total. The summed E-state index contributed by atoms with van der Waals surface area (Å²) in [5.41, 5.74) is 2.26. The van der Waals surface area contributed by atoms with E-state index in [9.17, 15) is 19.2 Å². The highest BCUT2D eigenvalue weighted by Gasteiger charge is 2.39. The Kier molecular flexibility index (Phi) is 7.17. The van der Waals surface area contributed by atoms with Crippen LogP contribution in [-0.4, -0.2) is 30.1 Å². The van der Waals surface area contributed by atoms with Crippen LogP contribution in [0.1, 0.15) is 34.6 Å². The summed E-state index contributed by atoms with van der Waals surface area (Å²) < 4.78 is 5.39. The fraction of sp³-hybridized carbons (Fsp3) is 0.111. The van der Waals surface area contributed by atoms with Crippen molar-refractivity contribution in [2.75, 3.05) is 22.1 Å². The van der Waals surface area contributed by atoms with Gasteiger partial charge in [0.25, 0.3) is 17.7 Å². The maximum Gasteiger partial charge on any atom is 0.283 e. The van der Waals surface area contributed by atoms with Gasteiger partial charge in [-0.1, -0.05) is 11.6 Å². The lowest BCUT2D eigenvalue weighted by Crippen LogP contribution is -2.32. The Morgan fingerprint density at radius 3 is 2.00 bits per heavy atom. The Morgan fingerprint density at radius 1 is 0.833 bits per heavy atom. The van der Waals surface area contributed by atoms with Crippen molar-refractivity contribution in [3.63, 3.8) is 0 Å². The van der Waals surface area contributed by atoms with E-state index in [0.29, 0.717) is 40.5 Å². The number of amides is 3. The lowest BCUT2D eigenvalue weighted by atomic mass is 10.1. The molecule has 1 heterocycles. The van der Waals surface area contributed by atoms with Crippen LogP contribution in [0.2, 0.25) is 0 Å². The van der Waals surface area contributed by atoms with Crippen LogP contribution in [0, 0.1) is 0 Å². The highest BCUT2D eigenvalue weighted by Crippen LogP contribution is 2.31. The van der Waals surface area contributed by atoms with Gasteiger partial charge in [-0.05, 0) is 86.6 Å². The third-order valence-electron chi connectivity index (χ3n) is 5.40. The molecular formula is C27H22ClN3O5. The number of benzene rings is 3. The van der Waals surface area contributed by atoms with Crippen molar-refractivity contribution in [3.05, 3.63) is 94.7 Å². The maximum absolute atomic E-state index is 13.0. The number of anilines is 3. The molecule has 0 saturated carbocycles. The molecule has 0 radical (unpaired) electrons. The highest BCUT2D eigenvalue weighted by molar-refractivity contribution is 6.53. The minimum absolute atomic E-state index is 0.0571. The number of Topliss-reactive ketones (excluding diaryl/α,β-unsaturated/α-hetero) is 1. The quantitative estimate of drug-likeness (QED) is 0.332. The van der Waals surface area contributed by atoms with E-state index < -0.39 is 11.8 Å². The third kappa shape index (κ3) is 5.13. The van der Waals surface area contributed by atoms with Crippen molar-refractivity contribution in [3.8, 4) is 5.75 Å². The van der Waals surface area contributed by atoms with E-state index in [2.05, 4.69) is 10.6 Å². The van der Waals surface area contributed by atoms with Gasteiger partial charge >= 0.3 is 0 Å². The average Bonchev–Trinajstić information content (AvgIpc) is 3.08. The molecule has 3 aromatic carbocycles. The standard InChI is InChI=1S/C27H22ClN3O5/c1-3-36-22-14-12-21(13-15-22)31-26(34)23(28)24(27(31)35)29-19-10-6-18(7-11-19)25(33)30-20-8-4-17(5-9-20)16(2)32/h4-15,29H,3H2,1-2H3,(H,30,33). The summed E-state index contributed by atoms with van der Waals surface area (Å²) in [5.74, 6) is -1.01. The molecule has 0 saturated heterocycles. The molecule has 4 rings (SSSR count). The summed E-state index contributed by atoms with van der Waals surface area (Å²) in [7, 11) is 0. The summed E-state index contributed by atoms with van der Waals surface area (Å²) in [5, 5.41) is 5.41. The zero-order valence-corrected chi connectivity index (χ0v) is 20.3. The van der Waals surface area contributed by atoms with Crippen LogP contribution in [0.4, 0.5) is 17.1 Å². The fourth-order valence-electron chi connectivity index (χ4n) is 3.54. The first-order valence-corrected chi connectivity index (χ1v) is 11.5. The van der Waals surface area contributed by atoms with Gasteiger partial charge in [0.1, 0.15) is 16.5 Å². The number of rotatable bonds is 8. The molecule has 1 aliphatic rings. The Labute approximate surface area is 212 Å². The number of carbonyl (C=O) groups excluding carboxylic acids is 4. The molecule has 0 aromatic heterocycles. The highest BCUT2D eigenvalue weighted by atomic mass is 35.5. The van der Waals surface area contributed by atoms with E-state index >= 15 is 0 Å². The van der Waals surface area contributed by atoms with Crippen LogP contribution < -0.4 is 20.3 Å². The molecule has 182 valence electrons. The minimum atomic E-state index is -0.639. The summed E-state index contributed by atoms with van der Waals surface area (Å²) in [6.45, 7) is 3.83. The molecule has 0 fully saturated rings. The first-order valence-electron chi connectivity index (χ1n) is 11.1. The monoisotopic (exact) mass is 503 g/mol. The van der Waals surface area contributed by atoms with Gasteiger partial charge in [0, 0.05) is 22.5 Å². The maximum atomic E-state index is 13.0. The summed E-state index contributed by atoms with van der Waals surface area (Å²) >= 11 is 6.20. The van der Waals surface area contributed by atoms with E-state index in [4.69, 9.17) is 16.3 Å². The Morgan fingerprint density at radius 2 is 1.42 bits per heavy atom. The molecule has 2 N–H and O–H groups in total. The number of hydrogen-bond donors (Lipinski definition) is 2. The van der Waals surface area contributed by atoms with Gasteiger partial charge < -0.3 is 15.4 Å². The minimum Gasteiger partial charge on any atom is -0.494 e. The molecule has 0 unspecified atom stereocenters. The van der Waals surface area contributed by atoms with Gasteiger partial charge in [0.2, 0.25) is 0 Å². The molecule has 1 aliphatic heterocycles. The van der Waals surface area contributed by atoms with E-state index in [1.807, 2.05) is 6.92 Å². The molecular weight excluding hydrogens is 482 g/mol. The second-order valence-electron chi connectivity index (χ2n) is 7.85. The molecule has 0 atom stereocenters. The number of hydrogen-bond acceptors (Lipinski definition) is 6. The molecule has 3 aromatic rings. The molecule has 9 heteroatoms. The summed E-state index contributed by atoms with van der Waals surface area (Å²) in [6.07, 6.45) is 0. The Balaban J connectivity index is 1.43. The Hall–Kier alpha value is -4.43. The Bertz CT molecular complexity index is 1360. The first kappa shape index (κ1) is 24.7. The van der Waals surface area contributed by atoms with Gasteiger partial charge in [-0.2, -0.15) is 0 Å². The zero-order valence-electron chi connectivity index (χ0n) is 19.5. The van der Waals surface area contributed by atoms with E-state index in [0.717, 1.165) is 4.90 Å². The molecule has 0 bridgehead atoms. The first-order chi connectivity index (χ1) is 17.3. The van der Waals surface area contributed by atoms with Crippen molar-refractivity contribution in [1.82, 2.24) is 0 Å². The topological polar surface area (TPSA) is 105 Å². The zero-order chi connectivity index (χ0) is 25.8. The van der Waals surface area contributed by atoms with Crippen LogP contribution in [0.15, 0.2) is 83.5 Å². The van der Waals surface area contributed by atoms with Gasteiger partial charge in [-0.15, -0.1) is 0 Å². The van der Waals surface area contributed by atoms with Gasteiger partial charge in [-0.25, -0.2) is 4.90 Å². The van der Waals surface area contributed by atoms with Gasteiger partial charge in [0.05, 0.1) is 12.3 Å². The van der Waals surface area contributed by atoms with E-state index in [1.165, 1.54) is 6.92 Å². The molecule has 3 amide bonds. The van der Waals surface area contributed by atoms with Gasteiger partial charge in [-0.3, -0.25) is 19.2 Å². The molecule has 0 spiro atoms. The largest absolute Gasteiger partial charge is 0.494 e. The third-order valence-corrected chi connectivity index (χ3v) is 5.75. The van der Waals surface area contributed by atoms with Crippen LogP contribution in [0.3, 0.4) is 0 Å². The number of imide groups is 1. The number of nitrogens with one attached hydrogen (secondary N) is 2. The molecule has 0 aliphatic carbocycles. The van der Waals surface area contributed by atoms with Gasteiger partial charge in [0.15, 0.2) is 5.78 Å². The average molecular weight is 504 g/mol. The van der Waals surface area contributed by atoms with E-state index in [-0.39, 0.29) is 22.4 Å². The lowest BCUT2D eigenvalue weighted by molar-refractivity contribution is -0.120.